The smallest absolute Gasteiger partial charge is 1.00 e. The molecule has 1 aromatic rings. The topological polar surface area (TPSA) is 0 Å². The predicted octanol–water partition coefficient (Wildman–Crippen LogP) is 0.101. The Morgan fingerprint density at radius 1 is 0.760 bits per heavy atom. The molecule has 132 valence electrons. The first-order valence-corrected chi connectivity index (χ1v) is 12.2. The van der Waals surface area contributed by atoms with Gasteiger partial charge in [-0.25, -0.2) is 0 Å². The number of benzene rings is 1. The van der Waals surface area contributed by atoms with Gasteiger partial charge >= 0.3 is 149 Å². The normalized spacial score (nSPS) is 15.8. The fraction of sp³-hybridized carbons (Fsp3) is 0.318. The van der Waals surface area contributed by atoms with Gasteiger partial charge in [-0.05, 0) is 0 Å². The Balaban J connectivity index is 0.00000156. The standard InChI is InChI=1S/C8H8.2C7H9.2ClH.Zr/c1-2-8-6-4-3-5-7-8;2*1-6-4-3-5-7(6)2;;;/h3-7H,1H3;2*4H,3H2,1-2H3;2*1H;/q;;;;;+2/p-2. The second-order valence-electron chi connectivity index (χ2n) is 6.76. The van der Waals surface area contributed by atoms with E-state index in [1.54, 1.807) is 20.9 Å². The van der Waals surface area contributed by atoms with Crippen LogP contribution < -0.4 is 24.8 Å². The molecule has 25 heavy (non-hydrogen) atoms. The molecular formula is C22H26Cl2Zr. The van der Waals surface area contributed by atoms with Crippen molar-refractivity contribution in [2.24, 2.45) is 0 Å². The van der Waals surface area contributed by atoms with Crippen LogP contribution in [0.25, 0.3) is 0 Å². The molecule has 0 saturated carbocycles. The Morgan fingerprint density at radius 3 is 1.56 bits per heavy atom. The summed E-state index contributed by atoms with van der Waals surface area (Å²) in [7, 11) is 0. The van der Waals surface area contributed by atoms with Crippen molar-refractivity contribution in [3.63, 3.8) is 0 Å². The molecular weight excluding hydrogens is 426 g/mol. The summed E-state index contributed by atoms with van der Waals surface area (Å²) in [4.78, 5) is 0. The molecule has 0 N–H and O–H groups in total. The molecule has 0 spiro atoms. The van der Waals surface area contributed by atoms with Crippen LogP contribution in [0.5, 0.6) is 0 Å². The largest absolute Gasteiger partial charge is 1.00 e. The monoisotopic (exact) mass is 450 g/mol. The Hall–Kier alpha value is -0.487. The fourth-order valence-electron chi connectivity index (χ4n) is 3.65. The number of allylic oxidation sites excluding steroid dienone is 8. The molecule has 3 rings (SSSR count). The first kappa shape index (κ1) is 22.6. The molecule has 0 nitrogen and oxygen atoms in total. The van der Waals surface area contributed by atoms with Crippen molar-refractivity contribution in [3.8, 4) is 0 Å². The van der Waals surface area contributed by atoms with E-state index in [0.29, 0.717) is 0 Å². The Morgan fingerprint density at radius 2 is 1.20 bits per heavy atom. The van der Waals surface area contributed by atoms with Crippen molar-refractivity contribution in [1.82, 2.24) is 0 Å². The van der Waals surface area contributed by atoms with Crippen molar-refractivity contribution >= 4 is 3.21 Å². The van der Waals surface area contributed by atoms with E-state index in [-0.39, 0.29) is 24.8 Å². The minimum absolute atomic E-state index is 0. The minimum Gasteiger partial charge on any atom is -1.00 e. The van der Waals surface area contributed by atoms with Gasteiger partial charge in [0.15, 0.2) is 0 Å². The van der Waals surface area contributed by atoms with Crippen molar-refractivity contribution < 1.29 is 46.1 Å². The average molecular weight is 453 g/mol. The van der Waals surface area contributed by atoms with Crippen LogP contribution in [-0.4, -0.2) is 3.21 Å². The molecule has 2 aliphatic carbocycles. The predicted molar refractivity (Wildman–Crippen MR) is 98.4 cm³/mol. The molecule has 0 saturated heterocycles. The van der Waals surface area contributed by atoms with E-state index < -0.39 is 21.3 Å². The van der Waals surface area contributed by atoms with Crippen LogP contribution in [-0.2, 0) is 21.3 Å². The molecule has 0 heterocycles. The number of hydrogen-bond acceptors (Lipinski definition) is 0. The van der Waals surface area contributed by atoms with Crippen LogP contribution in [0.4, 0.5) is 0 Å². The molecule has 0 bridgehead atoms. The fourth-order valence-corrected chi connectivity index (χ4v) is 12.2. The molecule has 0 atom stereocenters. The van der Waals surface area contributed by atoms with Crippen molar-refractivity contribution in [2.45, 2.75) is 47.5 Å². The summed E-state index contributed by atoms with van der Waals surface area (Å²) >= 11 is -2.00. The first-order valence-electron chi connectivity index (χ1n) is 8.51. The van der Waals surface area contributed by atoms with Gasteiger partial charge < -0.3 is 24.8 Å². The zero-order chi connectivity index (χ0) is 16.6. The molecule has 2 aliphatic rings. The van der Waals surface area contributed by atoms with E-state index in [0.717, 1.165) is 0 Å². The van der Waals surface area contributed by atoms with E-state index in [4.69, 9.17) is 0 Å². The average Bonchev–Trinajstić information content (AvgIpc) is 3.06. The summed E-state index contributed by atoms with van der Waals surface area (Å²) in [6, 6.07) is 11.1. The third-order valence-corrected chi connectivity index (χ3v) is 13.9. The number of hydrogen-bond donors (Lipinski definition) is 0. The van der Waals surface area contributed by atoms with E-state index in [1.807, 2.05) is 0 Å². The maximum absolute atomic E-state index is 2.44. The SMILES string of the molecule is CC1=CC[C]([Zr+2]([C]2=C(C)C(C)=CC2)=[C](C)c2ccccc2)=C1C.[Cl-].[Cl-]. The van der Waals surface area contributed by atoms with Gasteiger partial charge in [0.1, 0.15) is 0 Å². The molecule has 0 unspecified atom stereocenters. The second kappa shape index (κ2) is 9.45. The summed E-state index contributed by atoms with van der Waals surface area (Å²) in [5.74, 6) is 0. The first-order chi connectivity index (χ1) is 11.0. The Labute approximate surface area is 172 Å². The maximum atomic E-state index is 2.44. The maximum Gasteiger partial charge on any atom is -1.00 e. The molecule has 1 aromatic carbocycles. The van der Waals surface area contributed by atoms with E-state index in [1.165, 1.54) is 29.6 Å². The second-order valence-corrected chi connectivity index (χ2v) is 13.4. The molecule has 3 heteroatoms. The van der Waals surface area contributed by atoms with Gasteiger partial charge in [0.2, 0.25) is 0 Å². The van der Waals surface area contributed by atoms with Crippen molar-refractivity contribution in [1.29, 1.82) is 0 Å². The third-order valence-electron chi connectivity index (χ3n) is 5.50. The van der Waals surface area contributed by atoms with E-state index in [2.05, 4.69) is 77.1 Å². The van der Waals surface area contributed by atoms with Crippen LogP contribution in [0.1, 0.15) is 53.0 Å². The van der Waals surface area contributed by atoms with E-state index >= 15 is 0 Å². The number of rotatable bonds is 3. The van der Waals surface area contributed by atoms with Crippen molar-refractivity contribution in [3.05, 3.63) is 76.9 Å². The van der Waals surface area contributed by atoms with Gasteiger partial charge in [-0.2, -0.15) is 0 Å². The van der Waals surface area contributed by atoms with Crippen LogP contribution in [0.2, 0.25) is 0 Å². The van der Waals surface area contributed by atoms with Crippen LogP contribution >= 0.6 is 0 Å². The summed E-state index contributed by atoms with van der Waals surface area (Å²) in [5, 5.41) is 0. The Kier molecular flexibility index (Phi) is 8.52. The van der Waals surface area contributed by atoms with Gasteiger partial charge in [-0.15, -0.1) is 0 Å². The van der Waals surface area contributed by atoms with Crippen molar-refractivity contribution in [2.75, 3.05) is 0 Å². The summed E-state index contributed by atoms with van der Waals surface area (Å²) in [6.45, 7) is 11.7. The zero-order valence-electron chi connectivity index (χ0n) is 15.7. The van der Waals surface area contributed by atoms with Crippen LogP contribution in [0.15, 0.2) is 71.3 Å². The molecule has 0 amide bonds. The van der Waals surface area contributed by atoms with E-state index in [9.17, 15) is 0 Å². The van der Waals surface area contributed by atoms with Gasteiger partial charge in [0.25, 0.3) is 0 Å². The summed E-state index contributed by atoms with van der Waals surface area (Å²) in [6.07, 6.45) is 7.25. The third kappa shape index (κ3) is 4.44. The molecule has 0 aromatic heterocycles. The van der Waals surface area contributed by atoms with Gasteiger partial charge in [0.05, 0.1) is 0 Å². The van der Waals surface area contributed by atoms with Gasteiger partial charge in [-0.1, -0.05) is 0 Å². The van der Waals surface area contributed by atoms with Crippen LogP contribution in [0.3, 0.4) is 0 Å². The molecule has 0 radical (unpaired) electrons. The van der Waals surface area contributed by atoms with Gasteiger partial charge in [-0.3, -0.25) is 0 Å². The summed E-state index contributed by atoms with van der Waals surface area (Å²) in [5.41, 5.74) is 7.62. The van der Waals surface area contributed by atoms with Crippen LogP contribution in [0, 0.1) is 0 Å². The Bertz CT molecular complexity index is 762. The minimum atomic E-state index is -2.00. The number of halogens is 2. The quantitative estimate of drug-likeness (QED) is 0.611. The molecule has 0 aliphatic heterocycles. The zero-order valence-corrected chi connectivity index (χ0v) is 19.7. The van der Waals surface area contributed by atoms with Gasteiger partial charge in [0, 0.05) is 0 Å². The molecule has 0 fully saturated rings. The summed E-state index contributed by atoms with van der Waals surface area (Å²) < 4.78 is 5.27.